The van der Waals surface area contributed by atoms with Gasteiger partial charge >= 0.3 is 0 Å². The van der Waals surface area contributed by atoms with Gasteiger partial charge in [0.05, 0.1) is 4.47 Å². The van der Waals surface area contributed by atoms with E-state index in [1.54, 1.807) is 0 Å². The van der Waals surface area contributed by atoms with Gasteiger partial charge in [-0.3, -0.25) is 0 Å². The summed E-state index contributed by atoms with van der Waals surface area (Å²) < 4.78 is 24.7. The van der Waals surface area contributed by atoms with Crippen LogP contribution in [0, 0.1) is 5.82 Å². The van der Waals surface area contributed by atoms with E-state index in [9.17, 15) is 8.78 Å². The lowest BCUT2D eigenvalue weighted by atomic mass is 10.2. The predicted octanol–water partition coefficient (Wildman–Crippen LogP) is 2.76. The summed E-state index contributed by atoms with van der Waals surface area (Å²) in [6.45, 7) is -0.740. The van der Waals surface area contributed by atoms with Crippen LogP contribution in [0.5, 0.6) is 5.75 Å². The molecule has 0 fully saturated rings. The lowest BCUT2D eigenvalue weighted by Gasteiger charge is -2.00. The molecular weight excluding hydrogens is 218 g/mol. The minimum Gasteiger partial charge on any atom is -0.504 e. The van der Waals surface area contributed by atoms with Crippen molar-refractivity contribution in [3.63, 3.8) is 0 Å². The third-order valence-electron chi connectivity index (χ3n) is 1.23. The molecule has 1 aromatic carbocycles. The molecule has 0 bridgehead atoms. The van der Waals surface area contributed by atoms with Gasteiger partial charge in [-0.1, -0.05) is 0 Å². The number of rotatable bonds is 1. The number of aromatic hydroxyl groups is 1. The monoisotopic (exact) mass is 222 g/mol. The molecule has 60 valence electrons. The summed E-state index contributed by atoms with van der Waals surface area (Å²) >= 11 is 2.88. The van der Waals surface area contributed by atoms with Crippen LogP contribution in [0.15, 0.2) is 16.6 Å². The van der Waals surface area contributed by atoms with Crippen LogP contribution in [0.3, 0.4) is 0 Å². The lowest BCUT2D eigenvalue weighted by molar-refractivity contribution is 0.425. The van der Waals surface area contributed by atoms with Gasteiger partial charge in [0.2, 0.25) is 0 Å². The Labute approximate surface area is 70.8 Å². The fourth-order valence-electron chi connectivity index (χ4n) is 0.695. The molecule has 0 heterocycles. The Hall–Kier alpha value is -0.640. The van der Waals surface area contributed by atoms with Gasteiger partial charge in [0, 0.05) is 0 Å². The fourth-order valence-corrected chi connectivity index (χ4v) is 1.18. The molecule has 4 heteroatoms. The van der Waals surface area contributed by atoms with Crippen LogP contribution in [-0.2, 0) is 6.67 Å². The zero-order chi connectivity index (χ0) is 8.43. The third-order valence-corrected chi connectivity index (χ3v) is 1.84. The molecular formula is C7H5BrF2O. The third kappa shape index (κ3) is 1.68. The number of alkyl halides is 1. The van der Waals surface area contributed by atoms with E-state index in [1.807, 2.05) is 0 Å². The molecule has 0 radical (unpaired) electrons. The second kappa shape index (κ2) is 3.17. The number of hydrogen-bond donors (Lipinski definition) is 1. The second-order valence-corrected chi connectivity index (χ2v) is 2.90. The van der Waals surface area contributed by atoms with Gasteiger partial charge in [-0.25, -0.2) is 8.78 Å². The number of phenolic OH excluding ortho intramolecular Hbond substituents is 1. The standard InChI is InChI=1S/C7H5BrF2O/c8-5-1-4(3-9)2-6(10)7(5)11/h1-2,11H,3H2. The Bertz CT molecular complexity index is 252. The number of halogens is 3. The molecule has 0 saturated carbocycles. The summed E-state index contributed by atoms with van der Waals surface area (Å²) in [6, 6.07) is 2.29. The highest BCUT2D eigenvalue weighted by Crippen LogP contribution is 2.28. The van der Waals surface area contributed by atoms with E-state index in [2.05, 4.69) is 15.9 Å². The summed E-state index contributed by atoms with van der Waals surface area (Å²) in [4.78, 5) is 0. The number of hydrogen-bond acceptors (Lipinski definition) is 1. The zero-order valence-corrected chi connectivity index (χ0v) is 7.03. The minimum absolute atomic E-state index is 0.171. The molecule has 0 unspecified atom stereocenters. The smallest absolute Gasteiger partial charge is 0.166 e. The maximum atomic E-state index is 12.6. The summed E-state index contributed by atoms with van der Waals surface area (Å²) in [6.07, 6.45) is 0. The highest BCUT2D eigenvalue weighted by Gasteiger charge is 2.06. The van der Waals surface area contributed by atoms with E-state index in [1.165, 1.54) is 6.07 Å². The van der Waals surface area contributed by atoms with Gasteiger partial charge in [0.25, 0.3) is 0 Å². The first-order chi connectivity index (χ1) is 5.15. The summed E-state index contributed by atoms with van der Waals surface area (Å²) in [5.74, 6) is -1.30. The molecule has 0 amide bonds. The Morgan fingerprint density at radius 2 is 2.09 bits per heavy atom. The molecule has 0 aromatic heterocycles. The van der Waals surface area contributed by atoms with Crippen LogP contribution in [0.4, 0.5) is 8.78 Å². The average molecular weight is 223 g/mol. The topological polar surface area (TPSA) is 20.2 Å². The SMILES string of the molecule is Oc1c(F)cc(CF)cc1Br. The zero-order valence-electron chi connectivity index (χ0n) is 5.44. The summed E-state index contributed by atoms with van der Waals surface area (Å²) in [7, 11) is 0. The van der Waals surface area contributed by atoms with Gasteiger partial charge in [-0.05, 0) is 33.6 Å². The van der Waals surface area contributed by atoms with E-state index in [0.717, 1.165) is 6.07 Å². The van der Waals surface area contributed by atoms with Crippen molar-refractivity contribution in [2.24, 2.45) is 0 Å². The van der Waals surface area contributed by atoms with Crippen molar-refractivity contribution in [1.29, 1.82) is 0 Å². The second-order valence-electron chi connectivity index (χ2n) is 2.04. The first kappa shape index (κ1) is 8.46. The van der Waals surface area contributed by atoms with Crippen molar-refractivity contribution < 1.29 is 13.9 Å². The van der Waals surface area contributed by atoms with Crippen molar-refractivity contribution in [3.8, 4) is 5.75 Å². The van der Waals surface area contributed by atoms with Gasteiger partial charge in [-0.2, -0.15) is 0 Å². The highest BCUT2D eigenvalue weighted by molar-refractivity contribution is 9.10. The van der Waals surface area contributed by atoms with Crippen LogP contribution < -0.4 is 0 Å². The molecule has 0 spiro atoms. The van der Waals surface area contributed by atoms with E-state index in [4.69, 9.17) is 5.11 Å². The molecule has 0 aliphatic carbocycles. The van der Waals surface area contributed by atoms with Gasteiger partial charge in [0.15, 0.2) is 11.6 Å². The van der Waals surface area contributed by atoms with Crippen LogP contribution in [0.1, 0.15) is 5.56 Å². The van der Waals surface area contributed by atoms with Crippen molar-refractivity contribution in [2.45, 2.75) is 6.67 Å². The fraction of sp³-hybridized carbons (Fsp3) is 0.143. The summed E-state index contributed by atoms with van der Waals surface area (Å²) in [5.41, 5.74) is 0.201. The number of phenols is 1. The molecule has 1 nitrogen and oxygen atoms in total. The highest BCUT2D eigenvalue weighted by atomic mass is 79.9. The first-order valence-corrected chi connectivity index (χ1v) is 3.67. The van der Waals surface area contributed by atoms with Crippen molar-refractivity contribution in [1.82, 2.24) is 0 Å². The van der Waals surface area contributed by atoms with E-state index in [0.29, 0.717) is 0 Å². The molecule has 0 aliphatic heterocycles. The molecule has 0 aliphatic rings. The summed E-state index contributed by atoms with van der Waals surface area (Å²) in [5, 5.41) is 8.88. The molecule has 0 atom stereocenters. The lowest BCUT2D eigenvalue weighted by Crippen LogP contribution is -1.83. The predicted molar refractivity (Wildman–Crippen MR) is 40.6 cm³/mol. The Morgan fingerprint density at radius 3 is 2.55 bits per heavy atom. The van der Waals surface area contributed by atoms with Crippen molar-refractivity contribution >= 4 is 15.9 Å². The van der Waals surface area contributed by atoms with E-state index < -0.39 is 18.2 Å². The molecule has 0 saturated heterocycles. The van der Waals surface area contributed by atoms with E-state index in [-0.39, 0.29) is 10.0 Å². The molecule has 1 rings (SSSR count). The Morgan fingerprint density at radius 1 is 1.45 bits per heavy atom. The first-order valence-electron chi connectivity index (χ1n) is 2.88. The largest absolute Gasteiger partial charge is 0.504 e. The van der Waals surface area contributed by atoms with Crippen molar-refractivity contribution in [2.75, 3.05) is 0 Å². The van der Waals surface area contributed by atoms with Gasteiger partial charge < -0.3 is 5.11 Å². The average Bonchev–Trinajstić information content (AvgIpc) is 1.99. The molecule has 1 aromatic rings. The van der Waals surface area contributed by atoms with Crippen LogP contribution in [0.25, 0.3) is 0 Å². The minimum atomic E-state index is -0.813. The Balaban J connectivity index is 3.21. The molecule has 1 N–H and O–H groups in total. The van der Waals surface area contributed by atoms with Gasteiger partial charge in [-0.15, -0.1) is 0 Å². The Kier molecular flexibility index (Phi) is 2.44. The van der Waals surface area contributed by atoms with Crippen LogP contribution >= 0.6 is 15.9 Å². The molecule has 11 heavy (non-hydrogen) atoms. The van der Waals surface area contributed by atoms with Gasteiger partial charge in [0.1, 0.15) is 6.67 Å². The number of benzene rings is 1. The van der Waals surface area contributed by atoms with Crippen LogP contribution in [-0.4, -0.2) is 5.11 Å². The maximum absolute atomic E-state index is 12.6. The maximum Gasteiger partial charge on any atom is 0.166 e. The quantitative estimate of drug-likeness (QED) is 0.775. The van der Waals surface area contributed by atoms with Crippen molar-refractivity contribution in [3.05, 3.63) is 28.0 Å². The van der Waals surface area contributed by atoms with E-state index >= 15 is 0 Å². The normalized spacial score (nSPS) is 10.1. The van der Waals surface area contributed by atoms with Crippen LogP contribution in [0.2, 0.25) is 0 Å².